The zero-order chi connectivity index (χ0) is 7.71. The predicted octanol–water partition coefficient (Wildman–Crippen LogP) is 1.36. The Balaban J connectivity index is 3.75. The third kappa shape index (κ3) is 8.39. The van der Waals surface area contributed by atoms with Gasteiger partial charge in [-0.3, -0.25) is 5.40 Å². The van der Waals surface area contributed by atoms with Crippen LogP contribution in [0.5, 0.6) is 0 Å². The van der Waals surface area contributed by atoms with E-state index in [-0.39, 0.29) is 9.04 Å². The van der Waals surface area contributed by atoms with Crippen molar-refractivity contribution in [3.05, 3.63) is 0 Å². The monoisotopic (exact) mass is 160 g/mol. The van der Waals surface area contributed by atoms with Gasteiger partial charge in [0.25, 0.3) is 0 Å². The minimum atomic E-state index is -1.40. The van der Waals surface area contributed by atoms with Crippen LogP contribution in [0.1, 0.15) is 20.8 Å². The summed E-state index contributed by atoms with van der Waals surface area (Å²) in [7, 11) is -1.51. The quantitative estimate of drug-likeness (QED) is 0.517. The average molecular weight is 160 g/mol. The first-order valence-corrected chi connectivity index (χ1v) is 9.49. The summed E-state index contributed by atoms with van der Waals surface area (Å²) in [4.78, 5) is 0. The van der Waals surface area contributed by atoms with E-state index in [0.717, 1.165) is 0 Å². The van der Waals surface area contributed by atoms with Crippen molar-refractivity contribution in [3.63, 3.8) is 0 Å². The smallest absolute Gasteiger partial charge is 0.118 e. The van der Waals surface area contributed by atoms with Gasteiger partial charge in [0.1, 0.15) is 7.75 Å². The molecule has 9 heavy (non-hydrogen) atoms. The van der Waals surface area contributed by atoms with E-state index in [1.807, 2.05) is 0 Å². The molecule has 0 aromatic rings. The van der Waals surface area contributed by atoms with Gasteiger partial charge in [0.15, 0.2) is 0 Å². The Morgan fingerprint density at radius 1 is 1.22 bits per heavy atom. The maximum absolute atomic E-state index is 7.79. The molecular formula is C6H18NSi2. The fourth-order valence-corrected chi connectivity index (χ4v) is 11.9. The van der Waals surface area contributed by atoms with Gasteiger partial charge >= 0.3 is 0 Å². The van der Waals surface area contributed by atoms with Crippen LogP contribution in [0.4, 0.5) is 0 Å². The molecule has 3 heteroatoms. The Labute approximate surface area is 61.7 Å². The molecule has 0 saturated carbocycles. The molecule has 55 valence electrons. The van der Waals surface area contributed by atoms with Crippen molar-refractivity contribution in [2.24, 2.45) is 0 Å². The zero-order valence-corrected chi connectivity index (χ0v) is 9.62. The number of nitrogens with one attached hydrogen (secondary N) is 1. The van der Waals surface area contributed by atoms with Crippen LogP contribution < -0.4 is 5.40 Å². The van der Waals surface area contributed by atoms with Crippen LogP contribution in [0.2, 0.25) is 18.1 Å². The highest BCUT2D eigenvalue weighted by Crippen LogP contribution is 2.22. The van der Waals surface area contributed by atoms with E-state index >= 15 is 0 Å². The molecule has 0 rings (SSSR count). The highest BCUT2D eigenvalue weighted by atomic mass is 29.2. The van der Waals surface area contributed by atoms with Crippen LogP contribution in [-0.2, 0) is 0 Å². The molecule has 0 aliphatic carbocycles. The fourth-order valence-electron chi connectivity index (χ4n) is 1.33. The predicted molar refractivity (Wildman–Crippen MR) is 48.8 cm³/mol. The largest absolute Gasteiger partial charge is 0.289 e. The van der Waals surface area contributed by atoms with Crippen molar-refractivity contribution >= 4 is 16.8 Å². The summed E-state index contributed by atoms with van der Waals surface area (Å²) < 4.78 is 0. The van der Waals surface area contributed by atoms with Crippen molar-refractivity contribution in [1.82, 2.24) is 5.40 Å². The summed E-state index contributed by atoms with van der Waals surface area (Å²) in [6.07, 6.45) is 0. The van der Waals surface area contributed by atoms with Gasteiger partial charge in [0, 0.05) is 9.04 Å². The van der Waals surface area contributed by atoms with Gasteiger partial charge in [-0.1, -0.05) is 33.9 Å². The molecule has 0 aliphatic heterocycles. The third-order valence-corrected chi connectivity index (χ3v) is 8.75. The standard InChI is InChI=1S/C6H18NSi2/c1-6(2,3)8-9(4,5)7/h7H,8H2,1-5H3. The molecule has 0 amide bonds. The first-order chi connectivity index (χ1) is 3.71. The maximum Gasteiger partial charge on any atom is 0.118 e. The first kappa shape index (κ1) is 9.39. The lowest BCUT2D eigenvalue weighted by Gasteiger charge is -2.24. The minimum absolute atomic E-state index is 0.106. The second-order valence-electron chi connectivity index (χ2n) is 4.62. The molecule has 1 N–H and O–H groups in total. The Hall–Kier alpha value is 0.394. The molecule has 0 unspecified atom stereocenters. The number of hydrogen-bond donors (Lipinski definition) is 0. The molecule has 1 radical (unpaired) electrons. The number of hydrogen-bond acceptors (Lipinski definition) is 0. The Kier molecular flexibility index (Phi) is 2.67. The van der Waals surface area contributed by atoms with Gasteiger partial charge in [0.05, 0.1) is 0 Å². The molecule has 0 aromatic carbocycles. The third-order valence-electron chi connectivity index (χ3n) is 0.972. The van der Waals surface area contributed by atoms with E-state index < -0.39 is 7.75 Å². The Morgan fingerprint density at radius 2 is 1.56 bits per heavy atom. The molecule has 1 nitrogen and oxygen atoms in total. The maximum atomic E-state index is 7.79. The van der Waals surface area contributed by atoms with Crippen molar-refractivity contribution in [3.8, 4) is 0 Å². The molecule has 0 atom stereocenters. The molecule has 0 saturated heterocycles. The second kappa shape index (κ2) is 2.56. The second-order valence-corrected chi connectivity index (χ2v) is 17.2. The molecule has 0 aliphatic rings. The van der Waals surface area contributed by atoms with Gasteiger partial charge in [0.2, 0.25) is 0 Å². The summed E-state index contributed by atoms with van der Waals surface area (Å²) in [5.41, 5.74) is 0. The number of rotatable bonds is 1. The van der Waals surface area contributed by atoms with Crippen LogP contribution in [0.3, 0.4) is 0 Å². The summed E-state index contributed by atoms with van der Waals surface area (Å²) in [5, 5.41) is 8.29. The highest BCUT2D eigenvalue weighted by molar-refractivity contribution is 7.22. The van der Waals surface area contributed by atoms with Gasteiger partial charge < -0.3 is 0 Å². The molecule has 0 aromatic heterocycles. The van der Waals surface area contributed by atoms with Crippen molar-refractivity contribution < 1.29 is 0 Å². The Bertz CT molecular complexity index is 76.2. The van der Waals surface area contributed by atoms with Gasteiger partial charge in [-0.05, 0) is 5.04 Å². The topological polar surface area (TPSA) is 23.8 Å². The lowest BCUT2D eigenvalue weighted by atomic mass is 10.3. The molecule has 0 heterocycles. The van der Waals surface area contributed by atoms with Gasteiger partial charge in [-0.15, -0.1) is 0 Å². The lowest BCUT2D eigenvalue weighted by Crippen LogP contribution is -2.41. The summed E-state index contributed by atoms with van der Waals surface area (Å²) >= 11 is 0. The van der Waals surface area contributed by atoms with E-state index in [4.69, 9.17) is 5.40 Å². The van der Waals surface area contributed by atoms with Crippen LogP contribution in [-0.4, -0.2) is 16.8 Å². The zero-order valence-electron chi connectivity index (χ0n) is 7.21. The van der Waals surface area contributed by atoms with Crippen LogP contribution in [0, 0.1) is 0 Å². The lowest BCUT2D eigenvalue weighted by molar-refractivity contribution is 0.761. The van der Waals surface area contributed by atoms with Crippen molar-refractivity contribution in [2.75, 3.05) is 0 Å². The van der Waals surface area contributed by atoms with Crippen LogP contribution >= 0.6 is 0 Å². The minimum Gasteiger partial charge on any atom is -0.289 e. The average Bonchev–Trinajstić information content (AvgIpc) is 1.14. The van der Waals surface area contributed by atoms with E-state index in [1.54, 1.807) is 0 Å². The SMILES string of the molecule is CC(C)(C)[SiH2][Si](C)(C)[NH]. The molecule has 0 bridgehead atoms. The molecule has 0 fully saturated rings. The first-order valence-electron chi connectivity index (χ1n) is 3.46. The normalized spacial score (nSPS) is 15.3. The fraction of sp³-hybridized carbons (Fsp3) is 1.00. The Morgan fingerprint density at radius 3 is 1.56 bits per heavy atom. The van der Waals surface area contributed by atoms with E-state index in [2.05, 4.69) is 33.9 Å². The summed E-state index contributed by atoms with van der Waals surface area (Å²) in [5.74, 6) is 0. The summed E-state index contributed by atoms with van der Waals surface area (Å²) in [6.45, 7) is 11.1. The van der Waals surface area contributed by atoms with Crippen molar-refractivity contribution in [2.45, 2.75) is 38.9 Å². The van der Waals surface area contributed by atoms with E-state index in [1.165, 1.54) is 0 Å². The van der Waals surface area contributed by atoms with Crippen LogP contribution in [0.15, 0.2) is 0 Å². The van der Waals surface area contributed by atoms with Crippen LogP contribution in [0.25, 0.3) is 0 Å². The van der Waals surface area contributed by atoms with Gasteiger partial charge in [-0.25, -0.2) is 0 Å². The molecular weight excluding hydrogens is 142 g/mol. The summed E-state index contributed by atoms with van der Waals surface area (Å²) in [6, 6.07) is 0. The molecule has 0 spiro atoms. The van der Waals surface area contributed by atoms with Crippen molar-refractivity contribution in [1.29, 1.82) is 0 Å². The van der Waals surface area contributed by atoms with E-state index in [9.17, 15) is 0 Å². The highest BCUT2D eigenvalue weighted by Gasteiger charge is 2.24. The van der Waals surface area contributed by atoms with E-state index in [0.29, 0.717) is 5.04 Å². The van der Waals surface area contributed by atoms with Gasteiger partial charge in [-0.2, -0.15) is 0 Å².